The number of aromatic nitrogens is 2. The number of benzene rings is 1. The van der Waals surface area contributed by atoms with E-state index in [1.165, 1.54) is 0 Å². The first-order chi connectivity index (χ1) is 9.70. The van der Waals surface area contributed by atoms with Crippen molar-refractivity contribution in [2.24, 2.45) is 0 Å². The van der Waals surface area contributed by atoms with Crippen molar-refractivity contribution in [1.82, 2.24) is 15.5 Å². The van der Waals surface area contributed by atoms with E-state index in [2.05, 4.69) is 15.5 Å². The number of amides is 1. The van der Waals surface area contributed by atoms with Crippen LogP contribution in [0.5, 0.6) is 0 Å². The van der Waals surface area contributed by atoms with Gasteiger partial charge in [0.05, 0.1) is 13.0 Å². The summed E-state index contributed by atoms with van der Waals surface area (Å²) in [4.78, 5) is 11.7. The van der Waals surface area contributed by atoms with E-state index < -0.39 is 5.91 Å². The number of nitrogens with one attached hydrogen (secondary N) is 1. The Labute approximate surface area is 121 Å². The molecular formula is C13H14ClN3O3. The van der Waals surface area contributed by atoms with Crippen LogP contribution in [0.25, 0.3) is 0 Å². The highest BCUT2D eigenvalue weighted by Gasteiger charge is 2.15. The summed E-state index contributed by atoms with van der Waals surface area (Å²) in [6.07, 6.45) is 0.387. The Balaban J connectivity index is 1.99. The largest absolute Gasteiger partial charge is 0.417 e. The Morgan fingerprint density at radius 1 is 1.40 bits per heavy atom. The van der Waals surface area contributed by atoms with Crippen LogP contribution in [0, 0.1) is 0 Å². The Bertz CT molecular complexity index is 586. The predicted molar refractivity (Wildman–Crippen MR) is 72.8 cm³/mol. The van der Waals surface area contributed by atoms with Gasteiger partial charge in [0.2, 0.25) is 5.89 Å². The fourth-order valence-corrected chi connectivity index (χ4v) is 1.77. The Morgan fingerprint density at radius 3 is 2.95 bits per heavy atom. The summed E-state index contributed by atoms with van der Waals surface area (Å²) in [5.74, 6) is -0.141. The molecule has 6 nitrogen and oxygen atoms in total. The first-order valence-corrected chi connectivity index (χ1v) is 6.41. The zero-order chi connectivity index (χ0) is 14.4. The minimum atomic E-state index is -0.417. The standard InChI is InChI=1S/C13H14ClN3O3/c1-19-7-6-15-12(18)13-17-16-11(20-13)8-9-4-2-3-5-10(9)14/h2-5H,6-8H2,1H3,(H,15,18). The lowest BCUT2D eigenvalue weighted by Crippen LogP contribution is -2.27. The van der Waals surface area contributed by atoms with E-state index in [4.69, 9.17) is 20.8 Å². The topological polar surface area (TPSA) is 77.2 Å². The van der Waals surface area contributed by atoms with E-state index in [1.54, 1.807) is 13.2 Å². The predicted octanol–water partition coefficient (Wildman–Crippen LogP) is 1.69. The van der Waals surface area contributed by atoms with Gasteiger partial charge < -0.3 is 14.5 Å². The van der Waals surface area contributed by atoms with E-state index in [-0.39, 0.29) is 5.89 Å². The Morgan fingerprint density at radius 2 is 2.20 bits per heavy atom. The Kier molecular flexibility index (Phi) is 5.09. The minimum Gasteiger partial charge on any atom is -0.417 e. The lowest BCUT2D eigenvalue weighted by Gasteiger charge is -2.00. The van der Waals surface area contributed by atoms with Crippen LogP contribution in [-0.2, 0) is 11.2 Å². The summed E-state index contributed by atoms with van der Waals surface area (Å²) in [6, 6.07) is 7.36. The van der Waals surface area contributed by atoms with Crippen LogP contribution >= 0.6 is 11.6 Å². The van der Waals surface area contributed by atoms with Crippen LogP contribution in [0.15, 0.2) is 28.7 Å². The second-order valence-electron chi connectivity index (χ2n) is 4.02. The molecule has 1 aromatic heterocycles. The first kappa shape index (κ1) is 14.5. The molecule has 1 heterocycles. The average molecular weight is 296 g/mol. The molecule has 0 bridgehead atoms. The molecule has 0 fully saturated rings. The zero-order valence-corrected chi connectivity index (χ0v) is 11.7. The number of carbonyl (C=O) groups is 1. The third-order valence-corrected chi connectivity index (χ3v) is 2.92. The van der Waals surface area contributed by atoms with E-state index in [9.17, 15) is 4.79 Å². The maximum Gasteiger partial charge on any atom is 0.308 e. The molecule has 1 aromatic carbocycles. The number of hydrogen-bond acceptors (Lipinski definition) is 5. The van der Waals surface area contributed by atoms with Crippen LogP contribution in [0.4, 0.5) is 0 Å². The summed E-state index contributed by atoms with van der Waals surface area (Å²) < 4.78 is 10.1. The quantitative estimate of drug-likeness (QED) is 0.821. The number of methoxy groups -OCH3 is 1. The maximum absolute atomic E-state index is 11.7. The minimum absolute atomic E-state index is 0.0665. The second-order valence-corrected chi connectivity index (χ2v) is 4.43. The van der Waals surface area contributed by atoms with Gasteiger partial charge in [-0.15, -0.1) is 10.2 Å². The highest BCUT2D eigenvalue weighted by atomic mass is 35.5. The molecule has 0 unspecified atom stereocenters. The van der Waals surface area contributed by atoms with Crippen LogP contribution in [0.3, 0.4) is 0 Å². The molecule has 2 rings (SSSR count). The molecule has 0 aliphatic rings. The van der Waals surface area contributed by atoms with Gasteiger partial charge in [0.15, 0.2) is 0 Å². The van der Waals surface area contributed by atoms with Crippen molar-refractivity contribution in [3.8, 4) is 0 Å². The van der Waals surface area contributed by atoms with Crippen molar-refractivity contribution in [2.75, 3.05) is 20.3 Å². The molecule has 0 atom stereocenters. The smallest absolute Gasteiger partial charge is 0.308 e. The van der Waals surface area contributed by atoms with E-state index >= 15 is 0 Å². The van der Waals surface area contributed by atoms with Crippen LogP contribution < -0.4 is 5.32 Å². The van der Waals surface area contributed by atoms with Gasteiger partial charge in [-0.2, -0.15) is 0 Å². The normalized spacial score (nSPS) is 10.5. The van der Waals surface area contributed by atoms with E-state index in [0.29, 0.717) is 30.5 Å². The molecular weight excluding hydrogens is 282 g/mol. The molecule has 1 N–H and O–H groups in total. The number of nitrogens with zero attached hydrogens (tertiary/aromatic N) is 2. The maximum atomic E-state index is 11.7. The monoisotopic (exact) mass is 295 g/mol. The zero-order valence-electron chi connectivity index (χ0n) is 10.9. The number of hydrogen-bond donors (Lipinski definition) is 1. The number of rotatable bonds is 6. The highest BCUT2D eigenvalue weighted by Crippen LogP contribution is 2.18. The summed E-state index contributed by atoms with van der Waals surface area (Å²) in [7, 11) is 1.56. The van der Waals surface area contributed by atoms with Crippen molar-refractivity contribution < 1.29 is 13.9 Å². The van der Waals surface area contributed by atoms with Gasteiger partial charge in [0.25, 0.3) is 0 Å². The number of carbonyl (C=O) groups excluding carboxylic acids is 1. The number of halogens is 1. The molecule has 20 heavy (non-hydrogen) atoms. The fourth-order valence-electron chi connectivity index (χ4n) is 1.56. The van der Waals surface area contributed by atoms with Crippen LogP contribution in [0.2, 0.25) is 5.02 Å². The molecule has 2 aromatic rings. The molecule has 0 saturated heterocycles. The molecule has 7 heteroatoms. The second kappa shape index (κ2) is 7.02. The van der Waals surface area contributed by atoms with Gasteiger partial charge in [-0.25, -0.2) is 0 Å². The third-order valence-electron chi connectivity index (χ3n) is 2.55. The van der Waals surface area contributed by atoms with Gasteiger partial charge in [0, 0.05) is 18.7 Å². The van der Waals surface area contributed by atoms with Crippen molar-refractivity contribution in [3.05, 3.63) is 46.6 Å². The van der Waals surface area contributed by atoms with Crippen molar-refractivity contribution in [3.63, 3.8) is 0 Å². The van der Waals surface area contributed by atoms with Crippen LogP contribution in [-0.4, -0.2) is 36.4 Å². The SMILES string of the molecule is COCCNC(=O)c1nnc(Cc2ccccc2Cl)o1. The number of ether oxygens (including phenoxy) is 1. The van der Waals surface area contributed by atoms with E-state index in [0.717, 1.165) is 5.56 Å². The molecule has 0 radical (unpaired) electrons. The van der Waals surface area contributed by atoms with Crippen LogP contribution in [0.1, 0.15) is 22.1 Å². The summed E-state index contributed by atoms with van der Waals surface area (Å²) in [5, 5.41) is 10.8. The molecule has 0 aliphatic carbocycles. The summed E-state index contributed by atoms with van der Waals surface area (Å²) >= 11 is 6.04. The highest BCUT2D eigenvalue weighted by molar-refractivity contribution is 6.31. The van der Waals surface area contributed by atoms with Gasteiger partial charge >= 0.3 is 11.8 Å². The van der Waals surface area contributed by atoms with Crippen molar-refractivity contribution in [1.29, 1.82) is 0 Å². The lowest BCUT2D eigenvalue weighted by atomic mass is 10.1. The fraction of sp³-hybridized carbons (Fsp3) is 0.308. The Hall–Kier alpha value is -1.92. The van der Waals surface area contributed by atoms with Crippen molar-refractivity contribution in [2.45, 2.75) is 6.42 Å². The molecule has 106 valence electrons. The molecule has 0 spiro atoms. The van der Waals surface area contributed by atoms with Gasteiger partial charge in [-0.05, 0) is 11.6 Å². The third kappa shape index (κ3) is 3.79. The molecule has 0 aliphatic heterocycles. The van der Waals surface area contributed by atoms with Gasteiger partial charge in [0.1, 0.15) is 0 Å². The summed E-state index contributed by atoms with van der Waals surface area (Å²) in [5.41, 5.74) is 0.865. The average Bonchev–Trinajstić information content (AvgIpc) is 2.90. The van der Waals surface area contributed by atoms with Gasteiger partial charge in [-0.1, -0.05) is 29.8 Å². The van der Waals surface area contributed by atoms with Crippen molar-refractivity contribution >= 4 is 17.5 Å². The summed E-state index contributed by atoms with van der Waals surface area (Å²) in [6.45, 7) is 0.809. The molecule has 0 saturated carbocycles. The molecule has 1 amide bonds. The lowest BCUT2D eigenvalue weighted by molar-refractivity contribution is 0.0901. The van der Waals surface area contributed by atoms with Gasteiger partial charge in [-0.3, -0.25) is 4.79 Å². The first-order valence-electron chi connectivity index (χ1n) is 6.03. The van der Waals surface area contributed by atoms with E-state index in [1.807, 2.05) is 18.2 Å².